The molecule has 0 spiro atoms. The molecule has 0 radical (unpaired) electrons. The molecule has 2 nitrogen and oxygen atoms in total. The third-order valence-electron chi connectivity index (χ3n) is 4.36. The van der Waals surface area contributed by atoms with Crippen LogP contribution in [-0.2, 0) is 0 Å². The molecule has 0 amide bonds. The van der Waals surface area contributed by atoms with E-state index in [0.29, 0.717) is 0 Å². The summed E-state index contributed by atoms with van der Waals surface area (Å²) in [7, 11) is 0. The molecule has 2 heteroatoms. The maximum atomic E-state index is 4.73. The maximum absolute atomic E-state index is 4.73. The van der Waals surface area contributed by atoms with E-state index in [1.165, 1.54) is 16.5 Å². The molecule has 4 rings (SSSR count). The van der Waals surface area contributed by atoms with Crippen molar-refractivity contribution >= 4 is 11.0 Å². The number of rotatable bonds is 3. The Morgan fingerprint density at radius 3 is 2.26 bits per heavy atom. The predicted molar refractivity (Wildman–Crippen MR) is 95.4 cm³/mol. The number of fused-ring (bicyclic) bond motifs is 1. The van der Waals surface area contributed by atoms with E-state index in [2.05, 4.69) is 78.4 Å². The van der Waals surface area contributed by atoms with Crippen molar-refractivity contribution in [3.8, 4) is 11.1 Å². The number of nitrogens with zero attached hydrogens (tertiary/aromatic N) is 2. The van der Waals surface area contributed by atoms with Gasteiger partial charge in [0.15, 0.2) is 0 Å². The second-order valence-corrected chi connectivity index (χ2v) is 5.81. The van der Waals surface area contributed by atoms with Gasteiger partial charge in [-0.15, -0.1) is 0 Å². The van der Waals surface area contributed by atoms with Crippen molar-refractivity contribution in [1.82, 2.24) is 9.55 Å². The van der Waals surface area contributed by atoms with Crippen LogP contribution in [-0.4, -0.2) is 9.55 Å². The first kappa shape index (κ1) is 13.8. The Labute approximate surface area is 136 Å². The van der Waals surface area contributed by atoms with E-state index in [1.54, 1.807) is 0 Å². The molecule has 0 aliphatic carbocycles. The van der Waals surface area contributed by atoms with Crippen LogP contribution >= 0.6 is 0 Å². The molecule has 0 fully saturated rings. The van der Waals surface area contributed by atoms with Gasteiger partial charge in [0.2, 0.25) is 0 Å². The van der Waals surface area contributed by atoms with Crippen LogP contribution in [0.1, 0.15) is 18.5 Å². The normalized spacial score (nSPS) is 12.4. The standard InChI is InChI=1S/C21H18N2/c1-16(17-8-4-2-5-9-17)23-13-12-19-14-20(15-22-21(19)23)18-10-6-3-7-11-18/h2-16H,1H3/t16-/m1/s1. The third-order valence-corrected chi connectivity index (χ3v) is 4.36. The molecular formula is C21H18N2. The topological polar surface area (TPSA) is 17.8 Å². The molecule has 112 valence electrons. The van der Waals surface area contributed by atoms with Crippen LogP contribution in [0.25, 0.3) is 22.2 Å². The molecule has 0 aliphatic heterocycles. The van der Waals surface area contributed by atoms with Crippen LogP contribution in [0.5, 0.6) is 0 Å². The maximum Gasteiger partial charge on any atom is 0.140 e. The Hall–Kier alpha value is -2.87. The van der Waals surface area contributed by atoms with Gasteiger partial charge in [-0.2, -0.15) is 0 Å². The highest BCUT2D eigenvalue weighted by atomic mass is 15.0. The fourth-order valence-electron chi connectivity index (χ4n) is 3.04. The lowest BCUT2D eigenvalue weighted by Crippen LogP contribution is -2.05. The molecule has 0 bridgehead atoms. The molecule has 0 saturated heterocycles. The lowest BCUT2D eigenvalue weighted by Gasteiger charge is -2.15. The van der Waals surface area contributed by atoms with E-state index in [1.807, 2.05) is 18.3 Å². The Kier molecular flexibility index (Phi) is 3.43. The summed E-state index contributed by atoms with van der Waals surface area (Å²) in [5, 5.41) is 1.18. The summed E-state index contributed by atoms with van der Waals surface area (Å²) in [6, 6.07) is 25.6. The third kappa shape index (κ3) is 2.53. The summed E-state index contributed by atoms with van der Waals surface area (Å²) in [6.45, 7) is 2.21. The van der Waals surface area contributed by atoms with Crippen molar-refractivity contribution in [3.63, 3.8) is 0 Å². The van der Waals surface area contributed by atoms with E-state index in [0.717, 1.165) is 11.2 Å². The average Bonchev–Trinajstić information content (AvgIpc) is 3.05. The Morgan fingerprint density at radius 2 is 1.52 bits per heavy atom. The highest BCUT2D eigenvalue weighted by molar-refractivity contribution is 5.82. The van der Waals surface area contributed by atoms with Crippen molar-refractivity contribution < 1.29 is 0 Å². The molecule has 2 heterocycles. The fourth-order valence-corrected chi connectivity index (χ4v) is 3.04. The van der Waals surface area contributed by atoms with Gasteiger partial charge >= 0.3 is 0 Å². The zero-order chi connectivity index (χ0) is 15.6. The van der Waals surface area contributed by atoms with Gasteiger partial charge in [0.05, 0.1) is 6.04 Å². The first-order chi connectivity index (χ1) is 11.3. The molecule has 0 unspecified atom stereocenters. The first-order valence-corrected chi connectivity index (χ1v) is 7.90. The van der Waals surface area contributed by atoms with Crippen molar-refractivity contribution in [2.24, 2.45) is 0 Å². The van der Waals surface area contributed by atoms with E-state index >= 15 is 0 Å². The second kappa shape index (κ2) is 5.73. The smallest absolute Gasteiger partial charge is 0.140 e. The van der Waals surface area contributed by atoms with Crippen LogP contribution in [0.4, 0.5) is 0 Å². The summed E-state index contributed by atoms with van der Waals surface area (Å²) in [5.74, 6) is 0. The van der Waals surface area contributed by atoms with Gasteiger partial charge in [0.25, 0.3) is 0 Å². The lowest BCUT2D eigenvalue weighted by molar-refractivity contribution is 0.658. The van der Waals surface area contributed by atoms with E-state index < -0.39 is 0 Å². The summed E-state index contributed by atoms with van der Waals surface area (Å²) < 4.78 is 2.24. The van der Waals surface area contributed by atoms with E-state index in [9.17, 15) is 0 Å². The second-order valence-electron chi connectivity index (χ2n) is 5.81. The van der Waals surface area contributed by atoms with Gasteiger partial charge in [-0.1, -0.05) is 60.7 Å². The molecule has 23 heavy (non-hydrogen) atoms. The molecule has 0 saturated carbocycles. The number of pyridine rings is 1. The minimum atomic E-state index is 0.267. The molecule has 0 aliphatic rings. The Bertz CT molecular complexity index is 924. The number of benzene rings is 2. The summed E-state index contributed by atoms with van der Waals surface area (Å²) in [4.78, 5) is 4.73. The zero-order valence-electron chi connectivity index (χ0n) is 13.1. The van der Waals surface area contributed by atoms with E-state index in [4.69, 9.17) is 4.98 Å². The van der Waals surface area contributed by atoms with Crippen LogP contribution in [0, 0.1) is 0 Å². The van der Waals surface area contributed by atoms with Crippen LogP contribution in [0.2, 0.25) is 0 Å². The fraction of sp³-hybridized carbons (Fsp3) is 0.0952. The molecule has 4 aromatic rings. The molecular weight excluding hydrogens is 280 g/mol. The first-order valence-electron chi connectivity index (χ1n) is 7.90. The number of hydrogen-bond donors (Lipinski definition) is 0. The van der Waals surface area contributed by atoms with Crippen molar-refractivity contribution in [3.05, 3.63) is 90.8 Å². The summed E-state index contributed by atoms with van der Waals surface area (Å²) in [5.41, 5.74) is 4.67. The minimum absolute atomic E-state index is 0.267. The Balaban J connectivity index is 1.76. The van der Waals surface area contributed by atoms with Gasteiger partial charge < -0.3 is 4.57 Å². The minimum Gasteiger partial charge on any atom is -0.325 e. The molecule has 1 atom stereocenters. The highest BCUT2D eigenvalue weighted by Gasteiger charge is 2.11. The van der Waals surface area contributed by atoms with Crippen molar-refractivity contribution in [2.75, 3.05) is 0 Å². The van der Waals surface area contributed by atoms with Gasteiger partial charge in [0.1, 0.15) is 5.65 Å². The van der Waals surface area contributed by atoms with Gasteiger partial charge in [-0.05, 0) is 30.2 Å². The quantitative estimate of drug-likeness (QED) is 0.501. The molecule has 2 aromatic carbocycles. The van der Waals surface area contributed by atoms with Crippen LogP contribution in [0.15, 0.2) is 85.2 Å². The number of hydrogen-bond acceptors (Lipinski definition) is 1. The number of aromatic nitrogens is 2. The Morgan fingerprint density at radius 1 is 0.826 bits per heavy atom. The average molecular weight is 298 g/mol. The highest BCUT2D eigenvalue weighted by Crippen LogP contribution is 2.27. The summed E-state index contributed by atoms with van der Waals surface area (Å²) >= 11 is 0. The SMILES string of the molecule is C[C@H](c1ccccc1)n1ccc2cc(-c3ccccc3)cnc21. The van der Waals surface area contributed by atoms with E-state index in [-0.39, 0.29) is 6.04 Å². The van der Waals surface area contributed by atoms with Crippen molar-refractivity contribution in [2.45, 2.75) is 13.0 Å². The lowest BCUT2D eigenvalue weighted by atomic mass is 10.1. The summed E-state index contributed by atoms with van der Waals surface area (Å²) in [6.07, 6.45) is 4.09. The van der Waals surface area contributed by atoms with Crippen molar-refractivity contribution in [1.29, 1.82) is 0 Å². The predicted octanol–water partition coefficient (Wildman–Crippen LogP) is 5.31. The monoisotopic (exact) mass is 298 g/mol. The van der Waals surface area contributed by atoms with Crippen LogP contribution in [0.3, 0.4) is 0 Å². The van der Waals surface area contributed by atoms with Gasteiger partial charge in [-0.25, -0.2) is 4.98 Å². The zero-order valence-corrected chi connectivity index (χ0v) is 13.1. The van der Waals surface area contributed by atoms with Gasteiger partial charge in [-0.3, -0.25) is 0 Å². The largest absolute Gasteiger partial charge is 0.325 e. The molecule has 2 aromatic heterocycles. The van der Waals surface area contributed by atoms with Crippen LogP contribution < -0.4 is 0 Å². The van der Waals surface area contributed by atoms with Gasteiger partial charge in [0, 0.05) is 23.3 Å². The molecule has 0 N–H and O–H groups in total.